The summed E-state index contributed by atoms with van der Waals surface area (Å²) in [5, 5.41) is 2.88. The Labute approximate surface area is 189 Å². The number of carbonyl (C=O) groups excluding carboxylic acids is 1. The Balaban J connectivity index is 1.53. The van der Waals surface area contributed by atoms with E-state index >= 15 is 0 Å². The van der Waals surface area contributed by atoms with Crippen LogP contribution in [-0.2, 0) is 34.5 Å². The van der Waals surface area contributed by atoms with Gasteiger partial charge in [0.25, 0.3) is 5.91 Å². The van der Waals surface area contributed by atoms with E-state index in [9.17, 15) is 13.2 Å². The molecule has 0 saturated heterocycles. The maximum atomic E-state index is 12.6. The van der Waals surface area contributed by atoms with Crippen LogP contribution in [-0.4, -0.2) is 20.1 Å². The molecule has 0 aliphatic rings. The number of anilines is 1. The second-order valence-electron chi connectivity index (χ2n) is 7.48. The molecule has 0 unspecified atom stereocenters. The van der Waals surface area contributed by atoms with E-state index < -0.39 is 10.0 Å². The van der Waals surface area contributed by atoms with E-state index in [1.165, 1.54) is 6.07 Å². The zero-order chi connectivity index (χ0) is 22.8. The molecule has 0 aromatic heterocycles. The molecule has 6 nitrogen and oxygen atoms in total. The third kappa shape index (κ3) is 7.51. The Morgan fingerprint density at radius 1 is 0.844 bits per heavy atom. The normalized spacial score (nSPS) is 11.2. The molecule has 0 radical (unpaired) electrons. The third-order valence-electron chi connectivity index (χ3n) is 4.70. The van der Waals surface area contributed by atoms with Crippen molar-refractivity contribution in [2.45, 2.75) is 33.1 Å². The highest BCUT2D eigenvalue weighted by molar-refractivity contribution is 7.92. The van der Waals surface area contributed by atoms with Gasteiger partial charge in [-0.15, -0.1) is 0 Å². The van der Waals surface area contributed by atoms with E-state index in [2.05, 4.69) is 10.0 Å². The first kappa shape index (κ1) is 23.5. The molecule has 0 aliphatic heterocycles. The van der Waals surface area contributed by atoms with E-state index in [0.29, 0.717) is 37.4 Å². The fraction of sp³-hybridized carbons (Fsp3) is 0.240. The molecule has 0 aliphatic carbocycles. The lowest BCUT2D eigenvalue weighted by Crippen LogP contribution is -2.23. The van der Waals surface area contributed by atoms with E-state index in [4.69, 9.17) is 4.74 Å². The first-order valence-electron chi connectivity index (χ1n) is 10.5. The second kappa shape index (κ2) is 11.5. The zero-order valence-corrected chi connectivity index (χ0v) is 18.9. The van der Waals surface area contributed by atoms with Crippen molar-refractivity contribution in [2.24, 2.45) is 0 Å². The predicted molar refractivity (Wildman–Crippen MR) is 127 cm³/mol. The van der Waals surface area contributed by atoms with Crippen molar-refractivity contribution < 1.29 is 17.9 Å². The van der Waals surface area contributed by atoms with E-state index in [-0.39, 0.29) is 11.7 Å². The van der Waals surface area contributed by atoms with E-state index in [0.717, 1.165) is 16.7 Å². The van der Waals surface area contributed by atoms with Crippen LogP contribution >= 0.6 is 0 Å². The molecule has 0 bridgehead atoms. The van der Waals surface area contributed by atoms with Gasteiger partial charge in [0.05, 0.1) is 19.0 Å². The molecule has 0 spiro atoms. The third-order valence-corrected chi connectivity index (χ3v) is 6.19. The fourth-order valence-corrected chi connectivity index (χ4v) is 4.32. The van der Waals surface area contributed by atoms with Crippen LogP contribution in [0.5, 0.6) is 0 Å². The molecule has 2 N–H and O–H groups in total. The zero-order valence-electron chi connectivity index (χ0n) is 18.1. The summed E-state index contributed by atoms with van der Waals surface area (Å²) < 4.78 is 32.2. The van der Waals surface area contributed by atoms with Crippen molar-refractivity contribution in [1.29, 1.82) is 0 Å². The standard InChI is InChI=1S/C25H28N2O4S/c1-2-14-32(29,30)27-24-13-7-12-23(16-24)25(28)26-17-21-10-6-11-22(15-21)19-31-18-20-8-4-3-5-9-20/h3-13,15-16,27H,2,14,17-19H2,1H3,(H,26,28). The number of sulfonamides is 1. The average Bonchev–Trinajstić information content (AvgIpc) is 2.78. The summed E-state index contributed by atoms with van der Waals surface area (Å²) in [5.41, 5.74) is 3.88. The van der Waals surface area contributed by atoms with Crippen LogP contribution in [0.1, 0.15) is 40.4 Å². The molecule has 3 rings (SSSR count). The van der Waals surface area contributed by atoms with Crippen LogP contribution in [0.3, 0.4) is 0 Å². The van der Waals surface area contributed by atoms with Crippen LogP contribution in [0, 0.1) is 0 Å². The van der Waals surface area contributed by atoms with Crippen molar-refractivity contribution in [3.63, 3.8) is 0 Å². The van der Waals surface area contributed by atoms with E-state index in [1.54, 1.807) is 25.1 Å². The smallest absolute Gasteiger partial charge is 0.251 e. The number of hydrogen-bond acceptors (Lipinski definition) is 4. The molecule has 0 saturated carbocycles. The summed E-state index contributed by atoms with van der Waals surface area (Å²) in [6.45, 7) is 3.18. The van der Waals surface area contributed by atoms with Crippen LogP contribution in [0.25, 0.3) is 0 Å². The number of carbonyl (C=O) groups is 1. The van der Waals surface area contributed by atoms with Crippen LogP contribution in [0.15, 0.2) is 78.9 Å². The average molecular weight is 453 g/mol. The minimum atomic E-state index is -3.41. The summed E-state index contributed by atoms with van der Waals surface area (Å²) in [4.78, 5) is 12.6. The summed E-state index contributed by atoms with van der Waals surface area (Å²) in [6.07, 6.45) is 0.520. The lowest BCUT2D eigenvalue weighted by Gasteiger charge is -2.10. The first-order valence-corrected chi connectivity index (χ1v) is 12.2. The van der Waals surface area contributed by atoms with Gasteiger partial charge in [0, 0.05) is 17.8 Å². The minimum Gasteiger partial charge on any atom is -0.372 e. The quantitative estimate of drug-likeness (QED) is 0.449. The van der Waals surface area contributed by atoms with E-state index in [1.807, 2.05) is 54.6 Å². The van der Waals surface area contributed by atoms with Gasteiger partial charge in [-0.2, -0.15) is 0 Å². The van der Waals surface area contributed by atoms with Crippen molar-refractivity contribution in [3.8, 4) is 0 Å². The molecule has 3 aromatic carbocycles. The van der Waals surface area contributed by atoms with Crippen molar-refractivity contribution >= 4 is 21.6 Å². The monoisotopic (exact) mass is 452 g/mol. The second-order valence-corrected chi connectivity index (χ2v) is 9.32. The number of rotatable bonds is 11. The van der Waals surface area contributed by atoms with Gasteiger partial charge < -0.3 is 10.1 Å². The molecule has 0 heterocycles. The molecule has 32 heavy (non-hydrogen) atoms. The fourth-order valence-electron chi connectivity index (χ4n) is 3.20. The Morgan fingerprint density at radius 2 is 1.53 bits per heavy atom. The maximum absolute atomic E-state index is 12.6. The van der Waals surface area contributed by atoms with Gasteiger partial charge in [0.15, 0.2) is 0 Å². The van der Waals surface area contributed by atoms with Crippen LogP contribution < -0.4 is 10.0 Å². The number of ether oxygens (including phenoxy) is 1. The van der Waals surface area contributed by atoms with Gasteiger partial charge in [0.1, 0.15) is 0 Å². The number of hydrogen-bond donors (Lipinski definition) is 2. The highest BCUT2D eigenvalue weighted by Crippen LogP contribution is 2.14. The topological polar surface area (TPSA) is 84.5 Å². The summed E-state index contributed by atoms with van der Waals surface area (Å²) in [7, 11) is -3.41. The predicted octanol–water partition coefficient (Wildman–Crippen LogP) is 4.49. The van der Waals surface area contributed by atoms with Crippen LogP contribution in [0.2, 0.25) is 0 Å². The largest absolute Gasteiger partial charge is 0.372 e. The van der Waals surface area contributed by atoms with Gasteiger partial charge in [-0.3, -0.25) is 9.52 Å². The molecule has 0 fully saturated rings. The van der Waals surface area contributed by atoms with Crippen molar-refractivity contribution in [1.82, 2.24) is 5.32 Å². The highest BCUT2D eigenvalue weighted by Gasteiger charge is 2.11. The molecule has 7 heteroatoms. The first-order chi connectivity index (χ1) is 15.4. The molecule has 168 valence electrons. The van der Waals surface area contributed by atoms with Gasteiger partial charge >= 0.3 is 0 Å². The molecule has 3 aromatic rings. The lowest BCUT2D eigenvalue weighted by molar-refractivity contribution is 0.0951. The Bertz CT molecular complexity index is 1130. The Morgan fingerprint density at radius 3 is 2.31 bits per heavy atom. The van der Waals surface area contributed by atoms with Gasteiger partial charge in [-0.1, -0.05) is 67.6 Å². The highest BCUT2D eigenvalue weighted by atomic mass is 32.2. The Kier molecular flexibility index (Phi) is 8.41. The van der Waals surface area contributed by atoms with Gasteiger partial charge in [0.2, 0.25) is 10.0 Å². The number of amides is 1. The maximum Gasteiger partial charge on any atom is 0.251 e. The molecule has 1 amide bonds. The van der Waals surface area contributed by atoms with Gasteiger partial charge in [-0.05, 0) is 41.3 Å². The molecular formula is C25H28N2O4S. The number of benzene rings is 3. The van der Waals surface area contributed by atoms with Crippen LogP contribution in [0.4, 0.5) is 5.69 Å². The SMILES string of the molecule is CCCS(=O)(=O)Nc1cccc(C(=O)NCc2cccc(COCc3ccccc3)c2)c1. The van der Waals surface area contributed by atoms with Gasteiger partial charge in [-0.25, -0.2) is 8.42 Å². The summed E-state index contributed by atoms with van der Waals surface area (Å²) in [5.74, 6) is -0.235. The molecule has 0 atom stereocenters. The minimum absolute atomic E-state index is 0.0365. The summed E-state index contributed by atoms with van der Waals surface area (Å²) in [6, 6.07) is 24.3. The number of nitrogens with one attached hydrogen (secondary N) is 2. The summed E-state index contributed by atoms with van der Waals surface area (Å²) >= 11 is 0. The van der Waals surface area contributed by atoms with Crippen molar-refractivity contribution in [3.05, 3.63) is 101 Å². The lowest BCUT2D eigenvalue weighted by atomic mass is 10.1. The molecular weight excluding hydrogens is 424 g/mol. The Hall–Kier alpha value is -3.16. The van der Waals surface area contributed by atoms with Crippen molar-refractivity contribution in [2.75, 3.05) is 10.5 Å².